The van der Waals surface area contributed by atoms with Crippen LogP contribution in [-0.4, -0.2) is 48.9 Å². The van der Waals surface area contributed by atoms with Crippen molar-refractivity contribution < 1.29 is 21.6 Å². The van der Waals surface area contributed by atoms with Gasteiger partial charge in [0.1, 0.15) is 11.6 Å². The molecule has 1 fully saturated rings. The van der Waals surface area contributed by atoms with E-state index in [0.29, 0.717) is 37.8 Å². The number of benzene rings is 2. The van der Waals surface area contributed by atoms with E-state index in [1.54, 1.807) is 0 Å². The van der Waals surface area contributed by atoms with Crippen molar-refractivity contribution in [2.45, 2.75) is 44.7 Å². The summed E-state index contributed by atoms with van der Waals surface area (Å²) in [4.78, 5) is 11.0. The van der Waals surface area contributed by atoms with Crippen molar-refractivity contribution in [3.63, 3.8) is 0 Å². The molecular formula is C26H29F3N4O2S. The first-order valence-corrected chi connectivity index (χ1v) is 13.2. The van der Waals surface area contributed by atoms with Crippen molar-refractivity contribution in [3.8, 4) is 0 Å². The molecule has 0 atom stereocenters. The van der Waals surface area contributed by atoms with Gasteiger partial charge in [-0.1, -0.05) is 35.9 Å². The fourth-order valence-electron chi connectivity index (χ4n) is 4.42. The number of hydrogen-bond donors (Lipinski definition) is 0. The molecule has 0 spiro atoms. The first-order valence-electron chi connectivity index (χ1n) is 11.8. The van der Waals surface area contributed by atoms with Crippen molar-refractivity contribution in [3.05, 3.63) is 82.3 Å². The maximum atomic E-state index is 13.2. The summed E-state index contributed by atoms with van der Waals surface area (Å²) in [6.45, 7) is 7.11. The van der Waals surface area contributed by atoms with E-state index in [4.69, 9.17) is 4.98 Å². The second-order valence-electron chi connectivity index (χ2n) is 9.09. The van der Waals surface area contributed by atoms with Crippen LogP contribution >= 0.6 is 0 Å². The number of halogens is 3. The van der Waals surface area contributed by atoms with Crippen molar-refractivity contribution in [2.75, 3.05) is 31.1 Å². The van der Waals surface area contributed by atoms with Gasteiger partial charge in [-0.05, 0) is 51.0 Å². The predicted molar refractivity (Wildman–Crippen MR) is 133 cm³/mol. The first-order chi connectivity index (χ1) is 16.9. The van der Waals surface area contributed by atoms with Gasteiger partial charge in [-0.25, -0.2) is 18.4 Å². The molecule has 6 nitrogen and oxygen atoms in total. The van der Waals surface area contributed by atoms with E-state index < -0.39 is 21.8 Å². The van der Waals surface area contributed by atoms with Gasteiger partial charge in [0.15, 0.2) is 0 Å². The van der Waals surface area contributed by atoms with Gasteiger partial charge in [0.05, 0.1) is 10.5 Å². The van der Waals surface area contributed by atoms with Gasteiger partial charge in [0, 0.05) is 43.9 Å². The van der Waals surface area contributed by atoms with E-state index in [1.807, 2.05) is 20.8 Å². The van der Waals surface area contributed by atoms with E-state index in [2.05, 4.69) is 34.1 Å². The monoisotopic (exact) mass is 518 g/mol. The quantitative estimate of drug-likeness (QED) is 0.480. The Morgan fingerprint density at radius 1 is 0.917 bits per heavy atom. The van der Waals surface area contributed by atoms with Crippen LogP contribution in [0.1, 0.15) is 40.2 Å². The number of anilines is 1. The number of aryl methyl sites for hydroxylation is 3. The maximum Gasteiger partial charge on any atom is 0.416 e. The van der Waals surface area contributed by atoms with Gasteiger partial charge < -0.3 is 4.90 Å². The van der Waals surface area contributed by atoms with Crippen molar-refractivity contribution in [2.24, 2.45) is 0 Å². The van der Waals surface area contributed by atoms with Crippen LogP contribution in [0.4, 0.5) is 19.0 Å². The fraction of sp³-hybridized carbons (Fsp3) is 0.385. The molecule has 0 N–H and O–H groups in total. The van der Waals surface area contributed by atoms with Crippen LogP contribution in [0.3, 0.4) is 0 Å². The SMILES string of the molecule is Cc1ccc(Cc2c(C)nc(C)nc2N2CCCN(S(=O)(=O)c3cccc(C(F)(F)F)c3)CC2)cc1. The van der Waals surface area contributed by atoms with Gasteiger partial charge in [-0.3, -0.25) is 0 Å². The smallest absolute Gasteiger partial charge is 0.355 e. The summed E-state index contributed by atoms with van der Waals surface area (Å²) in [5.74, 6) is 1.41. The average Bonchev–Trinajstić information content (AvgIpc) is 3.08. The zero-order chi connectivity index (χ0) is 26.1. The molecule has 0 aliphatic carbocycles. The fourth-order valence-corrected chi connectivity index (χ4v) is 5.94. The Labute approximate surface area is 209 Å². The van der Waals surface area contributed by atoms with Gasteiger partial charge >= 0.3 is 6.18 Å². The zero-order valence-electron chi connectivity index (χ0n) is 20.5. The molecule has 2 heterocycles. The Hall–Kier alpha value is -2.98. The van der Waals surface area contributed by atoms with Gasteiger partial charge in [0.2, 0.25) is 10.0 Å². The third-order valence-electron chi connectivity index (χ3n) is 6.36. The molecule has 0 radical (unpaired) electrons. The molecule has 4 rings (SSSR count). The molecule has 36 heavy (non-hydrogen) atoms. The Morgan fingerprint density at radius 2 is 1.64 bits per heavy atom. The molecular weight excluding hydrogens is 489 g/mol. The highest BCUT2D eigenvalue weighted by Crippen LogP contribution is 2.32. The lowest BCUT2D eigenvalue weighted by molar-refractivity contribution is -0.137. The number of rotatable bonds is 5. The maximum absolute atomic E-state index is 13.2. The highest BCUT2D eigenvalue weighted by Gasteiger charge is 2.34. The predicted octanol–water partition coefficient (Wildman–Crippen LogP) is 4.91. The van der Waals surface area contributed by atoms with E-state index in [0.717, 1.165) is 34.8 Å². The average molecular weight is 519 g/mol. The standard InChI is InChI=1S/C26H29F3N4O2S/c1-18-8-10-21(11-9-18)16-24-19(2)30-20(3)31-25(24)32-12-5-13-33(15-14-32)36(34,35)23-7-4-6-22(17-23)26(27,28)29/h4,6-11,17H,5,12-16H2,1-3H3. The molecule has 0 amide bonds. The van der Waals surface area contributed by atoms with E-state index in [1.165, 1.54) is 15.9 Å². The Balaban J connectivity index is 1.59. The van der Waals surface area contributed by atoms with Crippen LogP contribution in [0.2, 0.25) is 0 Å². The lowest BCUT2D eigenvalue weighted by atomic mass is 10.0. The molecule has 1 aliphatic heterocycles. The number of hydrogen-bond acceptors (Lipinski definition) is 5. The molecule has 0 saturated carbocycles. The third-order valence-corrected chi connectivity index (χ3v) is 8.25. The molecule has 0 bridgehead atoms. The van der Waals surface area contributed by atoms with Crippen molar-refractivity contribution in [1.29, 1.82) is 0 Å². The third kappa shape index (κ3) is 5.70. The van der Waals surface area contributed by atoms with Crippen LogP contribution in [0.25, 0.3) is 0 Å². The van der Waals surface area contributed by atoms with Gasteiger partial charge in [-0.15, -0.1) is 0 Å². The van der Waals surface area contributed by atoms with Crippen LogP contribution in [-0.2, 0) is 22.6 Å². The summed E-state index contributed by atoms with van der Waals surface area (Å²) in [7, 11) is -4.08. The van der Waals surface area contributed by atoms with Crippen molar-refractivity contribution in [1.82, 2.24) is 14.3 Å². The lowest BCUT2D eigenvalue weighted by Gasteiger charge is -2.26. The molecule has 2 aromatic carbocycles. The highest BCUT2D eigenvalue weighted by atomic mass is 32.2. The summed E-state index contributed by atoms with van der Waals surface area (Å²) in [5, 5.41) is 0. The van der Waals surface area contributed by atoms with Crippen LogP contribution < -0.4 is 4.90 Å². The van der Waals surface area contributed by atoms with E-state index in [-0.39, 0.29) is 18.0 Å². The molecule has 1 saturated heterocycles. The molecule has 10 heteroatoms. The number of nitrogens with zero attached hydrogens (tertiary/aromatic N) is 4. The van der Waals surface area contributed by atoms with Crippen molar-refractivity contribution >= 4 is 15.8 Å². The Bertz CT molecular complexity index is 1340. The minimum atomic E-state index is -4.61. The summed E-state index contributed by atoms with van der Waals surface area (Å²) in [5.41, 5.74) is 3.17. The van der Waals surface area contributed by atoms with Crippen LogP contribution in [0, 0.1) is 20.8 Å². The Kier molecular flexibility index (Phi) is 7.38. The van der Waals surface area contributed by atoms with Crippen LogP contribution in [0.15, 0.2) is 53.4 Å². The summed E-state index contributed by atoms with van der Waals surface area (Å²) in [6.07, 6.45) is -3.45. The summed E-state index contributed by atoms with van der Waals surface area (Å²) >= 11 is 0. The second kappa shape index (κ2) is 10.2. The van der Waals surface area contributed by atoms with E-state index >= 15 is 0 Å². The summed E-state index contributed by atoms with van der Waals surface area (Å²) in [6, 6.07) is 12.2. The largest absolute Gasteiger partial charge is 0.416 e. The van der Waals surface area contributed by atoms with Gasteiger partial charge in [0.25, 0.3) is 0 Å². The molecule has 1 aliphatic rings. The number of sulfonamides is 1. The zero-order valence-corrected chi connectivity index (χ0v) is 21.3. The minimum absolute atomic E-state index is 0.144. The number of aromatic nitrogens is 2. The molecule has 3 aromatic rings. The summed E-state index contributed by atoms with van der Waals surface area (Å²) < 4.78 is 67.2. The Morgan fingerprint density at radius 3 is 2.33 bits per heavy atom. The molecule has 0 unspecified atom stereocenters. The van der Waals surface area contributed by atoms with E-state index in [9.17, 15) is 21.6 Å². The topological polar surface area (TPSA) is 66.4 Å². The number of alkyl halides is 3. The lowest BCUT2D eigenvalue weighted by Crippen LogP contribution is -2.36. The molecule has 1 aromatic heterocycles. The first kappa shape index (κ1) is 26.1. The normalized spacial score (nSPS) is 15.7. The second-order valence-corrected chi connectivity index (χ2v) is 11.0. The molecule has 192 valence electrons. The van der Waals surface area contributed by atoms with Crippen LogP contribution in [0.5, 0.6) is 0 Å². The minimum Gasteiger partial charge on any atom is -0.355 e. The van der Waals surface area contributed by atoms with Gasteiger partial charge in [-0.2, -0.15) is 17.5 Å². The highest BCUT2D eigenvalue weighted by molar-refractivity contribution is 7.89.